The standard InChI is InChI=1S/C13H13N3O4/c1-8(17)11-9(5-4-6-10(11)19-2)16-7-14-12(15-16)13(18)20-3/h4-7H,1-3H3. The number of nitrogens with zero attached hydrogens (tertiary/aromatic N) is 3. The number of ketones is 1. The lowest BCUT2D eigenvalue weighted by Gasteiger charge is -2.10. The summed E-state index contributed by atoms with van der Waals surface area (Å²) in [7, 11) is 2.72. The van der Waals surface area contributed by atoms with Crippen molar-refractivity contribution in [2.24, 2.45) is 0 Å². The molecule has 0 amide bonds. The van der Waals surface area contributed by atoms with Crippen molar-refractivity contribution in [2.75, 3.05) is 14.2 Å². The van der Waals surface area contributed by atoms with Gasteiger partial charge in [0.2, 0.25) is 0 Å². The van der Waals surface area contributed by atoms with Crippen molar-refractivity contribution in [3.8, 4) is 11.4 Å². The maximum Gasteiger partial charge on any atom is 0.377 e. The summed E-state index contributed by atoms with van der Waals surface area (Å²) in [6, 6.07) is 5.09. The predicted molar refractivity (Wildman–Crippen MR) is 69.3 cm³/mol. The fourth-order valence-corrected chi connectivity index (χ4v) is 1.80. The van der Waals surface area contributed by atoms with E-state index in [1.807, 2.05) is 0 Å². The molecule has 0 fully saturated rings. The van der Waals surface area contributed by atoms with Crippen LogP contribution in [0, 0.1) is 0 Å². The molecule has 0 N–H and O–H groups in total. The molecule has 0 spiro atoms. The zero-order valence-electron chi connectivity index (χ0n) is 11.3. The first kappa shape index (κ1) is 13.7. The van der Waals surface area contributed by atoms with Gasteiger partial charge in [0.25, 0.3) is 5.82 Å². The van der Waals surface area contributed by atoms with Crippen LogP contribution in [0.3, 0.4) is 0 Å². The molecule has 0 atom stereocenters. The number of Topliss-reactive ketones (excluding diaryl/α,β-unsaturated/α-hetero) is 1. The molecular weight excluding hydrogens is 262 g/mol. The first-order valence-corrected chi connectivity index (χ1v) is 5.76. The zero-order valence-corrected chi connectivity index (χ0v) is 11.3. The third-order valence-electron chi connectivity index (χ3n) is 2.68. The average molecular weight is 275 g/mol. The van der Waals surface area contributed by atoms with Crippen LogP contribution in [-0.4, -0.2) is 40.7 Å². The van der Waals surface area contributed by atoms with Crippen LogP contribution in [0.2, 0.25) is 0 Å². The quantitative estimate of drug-likeness (QED) is 0.617. The number of ether oxygens (including phenoxy) is 2. The summed E-state index contributed by atoms with van der Waals surface area (Å²) in [5.41, 5.74) is 0.857. The number of benzene rings is 1. The highest BCUT2D eigenvalue weighted by molar-refractivity contribution is 6.00. The third-order valence-corrected chi connectivity index (χ3v) is 2.68. The molecule has 2 rings (SSSR count). The monoisotopic (exact) mass is 275 g/mol. The smallest absolute Gasteiger partial charge is 0.377 e. The van der Waals surface area contributed by atoms with Crippen molar-refractivity contribution in [1.29, 1.82) is 0 Å². The molecular formula is C13H13N3O4. The van der Waals surface area contributed by atoms with Crippen molar-refractivity contribution in [1.82, 2.24) is 14.8 Å². The molecule has 0 unspecified atom stereocenters. The molecule has 0 aliphatic heterocycles. The minimum Gasteiger partial charge on any atom is -0.496 e. The Morgan fingerprint density at radius 3 is 2.60 bits per heavy atom. The van der Waals surface area contributed by atoms with Crippen molar-refractivity contribution in [3.63, 3.8) is 0 Å². The van der Waals surface area contributed by atoms with Gasteiger partial charge in [-0.3, -0.25) is 4.79 Å². The Kier molecular flexibility index (Phi) is 3.79. The van der Waals surface area contributed by atoms with Crippen molar-refractivity contribution in [3.05, 3.63) is 35.9 Å². The molecule has 1 heterocycles. The van der Waals surface area contributed by atoms with Crippen molar-refractivity contribution in [2.45, 2.75) is 6.92 Å². The minimum atomic E-state index is -0.643. The molecule has 0 aliphatic carbocycles. The van der Waals surface area contributed by atoms with Gasteiger partial charge in [0.15, 0.2) is 5.78 Å². The number of rotatable bonds is 4. The van der Waals surface area contributed by atoms with Gasteiger partial charge in [0, 0.05) is 0 Å². The van der Waals surface area contributed by atoms with Crippen molar-refractivity contribution < 1.29 is 19.1 Å². The fourth-order valence-electron chi connectivity index (χ4n) is 1.80. The molecule has 0 saturated heterocycles. The summed E-state index contributed by atoms with van der Waals surface area (Å²) in [5.74, 6) is -0.460. The number of aromatic nitrogens is 3. The lowest BCUT2D eigenvalue weighted by Crippen LogP contribution is -2.08. The Morgan fingerprint density at radius 1 is 1.25 bits per heavy atom. The molecule has 0 saturated carbocycles. The zero-order chi connectivity index (χ0) is 14.7. The first-order chi connectivity index (χ1) is 9.58. The van der Waals surface area contributed by atoms with E-state index in [2.05, 4.69) is 14.8 Å². The predicted octanol–water partition coefficient (Wildman–Crippen LogP) is 1.27. The second-order valence-corrected chi connectivity index (χ2v) is 3.91. The van der Waals surface area contributed by atoms with Crippen LogP contribution in [0.1, 0.15) is 27.9 Å². The molecule has 20 heavy (non-hydrogen) atoms. The molecule has 7 heteroatoms. The van der Waals surface area contributed by atoms with Crippen LogP contribution in [0.5, 0.6) is 5.75 Å². The van der Waals surface area contributed by atoms with Crippen LogP contribution >= 0.6 is 0 Å². The van der Waals surface area contributed by atoms with Crippen LogP contribution in [0.25, 0.3) is 5.69 Å². The van der Waals surface area contributed by atoms with E-state index in [9.17, 15) is 9.59 Å². The molecule has 104 valence electrons. The SMILES string of the molecule is COC(=O)c1ncn(-c2cccc(OC)c2C(C)=O)n1. The Hall–Kier alpha value is -2.70. The molecule has 0 radical (unpaired) electrons. The lowest BCUT2D eigenvalue weighted by molar-refractivity contribution is 0.0587. The summed E-state index contributed by atoms with van der Waals surface area (Å²) >= 11 is 0. The lowest BCUT2D eigenvalue weighted by atomic mass is 10.1. The van der Waals surface area contributed by atoms with Crippen LogP contribution in [0.15, 0.2) is 24.5 Å². The molecule has 7 nitrogen and oxygen atoms in total. The van der Waals surface area contributed by atoms with E-state index >= 15 is 0 Å². The van der Waals surface area contributed by atoms with Crippen LogP contribution in [0.4, 0.5) is 0 Å². The second kappa shape index (κ2) is 5.52. The van der Waals surface area contributed by atoms with E-state index in [0.29, 0.717) is 17.0 Å². The maximum atomic E-state index is 11.8. The summed E-state index contributed by atoms with van der Waals surface area (Å²) in [6.07, 6.45) is 1.34. The third kappa shape index (κ3) is 2.37. The highest BCUT2D eigenvalue weighted by Crippen LogP contribution is 2.25. The van der Waals surface area contributed by atoms with Gasteiger partial charge in [0.05, 0.1) is 25.5 Å². The highest BCUT2D eigenvalue weighted by Gasteiger charge is 2.18. The van der Waals surface area contributed by atoms with Crippen LogP contribution in [-0.2, 0) is 4.74 Å². The highest BCUT2D eigenvalue weighted by atomic mass is 16.5. The Labute approximate surface area is 115 Å². The largest absolute Gasteiger partial charge is 0.496 e. The van der Waals surface area contributed by atoms with Gasteiger partial charge in [-0.2, -0.15) is 0 Å². The Morgan fingerprint density at radius 2 is 2.00 bits per heavy atom. The number of carbonyl (C=O) groups is 2. The normalized spacial score (nSPS) is 10.2. The molecule has 1 aromatic carbocycles. The van der Waals surface area contributed by atoms with Gasteiger partial charge in [-0.15, -0.1) is 5.10 Å². The Bertz CT molecular complexity index is 663. The summed E-state index contributed by atoms with van der Waals surface area (Å²) in [6.45, 7) is 1.43. The first-order valence-electron chi connectivity index (χ1n) is 5.76. The molecule has 0 bridgehead atoms. The van der Waals surface area contributed by atoms with E-state index in [-0.39, 0.29) is 11.6 Å². The van der Waals surface area contributed by atoms with Gasteiger partial charge in [-0.25, -0.2) is 14.5 Å². The number of methoxy groups -OCH3 is 2. The van der Waals surface area contributed by atoms with Crippen LogP contribution < -0.4 is 4.74 Å². The van der Waals surface area contributed by atoms with Gasteiger partial charge in [0.1, 0.15) is 12.1 Å². The number of esters is 1. The van der Waals surface area contributed by atoms with Gasteiger partial charge >= 0.3 is 5.97 Å². The molecule has 1 aromatic heterocycles. The fraction of sp³-hybridized carbons (Fsp3) is 0.231. The molecule has 2 aromatic rings. The number of hydrogen-bond acceptors (Lipinski definition) is 6. The van der Waals surface area contributed by atoms with Gasteiger partial charge in [-0.1, -0.05) is 6.07 Å². The second-order valence-electron chi connectivity index (χ2n) is 3.91. The van der Waals surface area contributed by atoms with Gasteiger partial charge in [-0.05, 0) is 19.1 Å². The summed E-state index contributed by atoms with van der Waals surface area (Å²) in [5, 5.41) is 3.99. The minimum absolute atomic E-state index is 0.0789. The summed E-state index contributed by atoms with van der Waals surface area (Å²) in [4.78, 5) is 27.0. The van der Waals surface area contributed by atoms with E-state index < -0.39 is 5.97 Å². The average Bonchev–Trinajstić information content (AvgIpc) is 2.95. The van der Waals surface area contributed by atoms with E-state index in [1.165, 1.54) is 32.2 Å². The number of carbonyl (C=O) groups excluding carboxylic acids is 2. The van der Waals surface area contributed by atoms with Crippen molar-refractivity contribution >= 4 is 11.8 Å². The van der Waals surface area contributed by atoms with E-state index in [4.69, 9.17) is 4.74 Å². The molecule has 0 aliphatic rings. The maximum absolute atomic E-state index is 11.8. The van der Waals surface area contributed by atoms with E-state index in [1.54, 1.807) is 18.2 Å². The van der Waals surface area contributed by atoms with E-state index in [0.717, 1.165) is 0 Å². The summed E-state index contributed by atoms with van der Waals surface area (Å²) < 4.78 is 11.0. The Balaban J connectivity index is 2.55. The van der Waals surface area contributed by atoms with Gasteiger partial charge < -0.3 is 9.47 Å². The topological polar surface area (TPSA) is 83.3 Å². The number of hydrogen-bond donors (Lipinski definition) is 0.